The van der Waals surface area contributed by atoms with Gasteiger partial charge < -0.3 is 20.2 Å². The molecule has 0 aliphatic rings. The maximum Gasteiger partial charge on any atom is 0.142 e. The van der Waals surface area contributed by atoms with E-state index in [0.717, 1.165) is 32.3 Å². The number of thiophene rings is 1. The molecule has 2 aromatic heterocycles. The van der Waals surface area contributed by atoms with E-state index in [9.17, 15) is 0 Å². The number of ether oxygens (including phenoxy) is 2. The lowest BCUT2D eigenvalue weighted by Crippen LogP contribution is -1.99. The van der Waals surface area contributed by atoms with E-state index in [1.54, 1.807) is 18.4 Å². The van der Waals surface area contributed by atoms with Gasteiger partial charge >= 0.3 is 0 Å². The molecule has 2 heterocycles. The van der Waals surface area contributed by atoms with Gasteiger partial charge in [0.2, 0.25) is 0 Å². The van der Waals surface area contributed by atoms with Crippen molar-refractivity contribution in [3.8, 4) is 16.3 Å². The lowest BCUT2D eigenvalue weighted by molar-refractivity contribution is 0.131. The van der Waals surface area contributed by atoms with Gasteiger partial charge in [0.1, 0.15) is 5.75 Å². The molecule has 1 aromatic carbocycles. The van der Waals surface area contributed by atoms with Crippen LogP contribution >= 0.6 is 11.3 Å². The summed E-state index contributed by atoms with van der Waals surface area (Å²) in [5.74, 6) is 0.907. The number of methoxy groups -OCH3 is 1. The Bertz CT molecular complexity index is 804. The third-order valence-electron chi connectivity index (χ3n) is 3.77. The Labute approximate surface area is 133 Å². The van der Waals surface area contributed by atoms with Gasteiger partial charge in [-0.05, 0) is 43.0 Å². The quantitative estimate of drug-likeness (QED) is 0.736. The Morgan fingerprint density at radius 2 is 2.14 bits per heavy atom. The first-order valence-electron chi connectivity index (χ1n) is 7.26. The molecule has 0 amide bonds. The van der Waals surface area contributed by atoms with Crippen molar-refractivity contribution in [2.45, 2.75) is 20.5 Å². The van der Waals surface area contributed by atoms with Crippen molar-refractivity contribution in [1.29, 1.82) is 0 Å². The number of nitrogens with one attached hydrogen (secondary N) is 1. The van der Waals surface area contributed by atoms with Crippen LogP contribution in [0, 0.1) is 6.92 Å². The van der Waals surface area contributed by atoms with Gasteiger partial charge in [-0.15, -0.1) is 11.3 Å². The van der Waals surface area contributed by atoms with Crippen molar-refractivity contribution < 1.29 is 9.47 Å². The normalized spacial score (nSPS) is 11.2. The summed E-state index contributed by atoms with van der Waals surface area (Å²) < 4.78 is 12.4. The Balaban J connectivity index is 2.17. The highest BCUT2D eigenvalue weighted by molar-refractivity contribution is 7.22. The average Bonchev–Trinajstić information content (AvgIpc) is 3.10. The molecule has 5 heteroatoms. The zero-order valence-corrected chi connectivity index (χ0v) is 13.8. The van der Waals surface area contributed by atoms with Crippen LogP contribution in [-0.4, -0.2) is 18.7 Å². The number of H-pyrrole nitrogens is 1. The fourth-order valence-electron chi connectivity index (χ4n) is 2.64. The molecular formula is C17H20N2O2S. The van der Waals surface area contributed by atoms with Crippen molar-refractivity contribution in [3.63, 3.8) is 0 Å². The number of anilines is 1. The number of aryl methyl sites for hydroxylation is 1. The predicted octanol–water partition coefficient (Wildman–Crippen LogP) is 4.33. The van der Waals surface area contributed by atoms with Crippen LogP contribution in [-0.2, 0) is 11.3 Å². The molecule has 0 spiro atoms. The Morgan fingerprint density at radius 3 is 2.77 bits per heavy atom. The smallest absolute Gasteiger partial charge is 0.142 e. The molecule has 0 atom stereocenters. The van der Waals surface area contributed by atoms with E-state index in [2.05, 4.69) is 24.0 Å². The topological polar surface area (TPSA) is 60.3 Å². The van der Waals surface area contributed by atoms with Gasteiger partial charge in [0.15, 0.2) is 0 Å². The average molecular weight is 316 g/mol. The summed E-state index contributed by atoms with van der Waals surface area (Å²) >= 11 is 1.68. The summed E-state index contributed by atoms with van der Waals surface area (Å²) in [6, 6.07) is 6.22. The Morgan fingerprint density at radius 1 is 1.32 bits per heavy atom. The van der Waals surface area contributed by atoms with Crippen LogP contribution in [0.1, 0.15) is 18.1 Å². The van der Waals surface area contributed by atoms with E-state index in [0.29, 0.717) is 13.2 Å². The van der Waals surface area contributed by atoms with Crippen LogP contribution in [0.3, 0.4) is 0 Å². The first-order chi connectivity index (χ1) is 10.7. The van der Waals surface area contributed by atoms with Gasteiger partial charge in [-0.3, -0.25) is 0 Å². The van der Waals surface area contributed by atoms with Crippen molar-refractivity contribution in [2.75, 3.05) is 19.5 Å². The maximum absolute atomic E-state index is 6.01. The molecule has 0 fully saturated rings. The number of rotatable bonds is 5. The molecule has 0 radical (unpaired) electrons. The van der Waals surface area contributed by atoms with Crippen LogP contribution in [0.2, 0.25) is 0 Å². The van der Waals surface area contributed by atoms with Crippen molar-refractivity contribution >= 4 is 27.1 Å². The molecule has 0 unspecified atom stereocenters. The summed E-state index contributed by atoms with van der Waals surface area (Å²) in [6.07, 6.45) is 1.86. The van der Waals surface area contributed by atoms with Gasteiger partial charge in [-0.1, -0.05) is 0 Å². The number of aromatic nitrogens is 1. The van der Waals surface area contributed by atoms with Crippen molar-refractivity contribution in [1.82, 2.24) is 4.98 Å². The molecule has 4 nitrogen and oxygen atoms in total. The van der Waals surface area contributed by atoms with Crippen molar-refractivity contribution in [2.24, 2.45) is 0 Å². The minimum atomic E-state index is 0.569. The SMILES string of the molecule is CCOCc1c(C)cc2cc(-c3[nH]ccc3N)sc2c1OC. The van der Waals surface area contributed by atoms with Gasteiger partial charge in [-0.2, -0.15) is 0 Å². The summed E-state index contributed by atoms with van der Waals surface area (Å²) in [6.45, 7) is 5.35. The van der Waals surface area contributed by atoms with Gasteiger partial charge in [0.25, 0.3) is 0 Å². The van der Waals surface area contributed by atoms with Crippen LogP contribution in [0.15, 0.2) is 24.4 Å². The fourth-order valence-corrected chi connectivity index (χ4v) is 3.86. The van der Waals surface area contributed by atoms with Crippen LogP contribution in [0.25, 0.3) is 20.7 Å². The second-order valence-electron chi connectivity index (χ2n) is 5.18. The number of nitrogens with two attached hydrogens (primary N) is 1. The van der Waals surface area contributed by atoms with E-state index in [4.69, 9.17) is 15.2 Å². The molecule has 0 saturated heterocycles. The Hall–Kier alpha value is -1.98. The zero-order valence-electron chi connectivity index (χ0n) is 13.0. The highest BCUT2D eigenvalue weighted by atomic mass is 32.1. The second-order valence-corrected chi connectivity index (χ2v) is 6.23. The monoisotopic (exact) mass is 316 g/mol. The largest absolute Gasteiger partial charge is 0.495 e. The van der Waals surface area contributed by atoms with E-state index < -0.39 is 0 Å². The molecule has 0 aliphatic heterocycles. The molecule has 116 valence electrons. The number of hydrogen-bond donors (Lipinski definition) is 2. The van der Waals surface area contributed by atoms with Gasteiger partial charge in [-0.25, -0.2) is 0 Å². The molecule has 0 bridgehead atoms. The standard InChI is InChI=1S/C17H20N2O2S/c1-4-21-9-12-10(2)7-11-8-14(15-13(18)5-6-19-15)22-17(11)16(12)20-3/h5-8,19H,4,9,18H2,1-3H3. The molecule has 3 aromatic rings. The zero-order chi connectivity index (χ0) is 15.7. The Kier molecular flexibility index (Phi) is 4.09. The summed E-state index contributed by atoms with van der Waals surface area (Å²) in [4.78, 5) is 4.32. The first kappa shape index (κ1) is 14.9. The van der Waals surface area contributed by atoms with Crippen LogP contribution < -0.4 is 10.5 Å². The van der Waals surface area contributed by atoms with Crippen molar-refractivity contribution in [3.05, 3.63) is 35.5 Å². The minimum absolute atomic E-state index is 0.569. The molecule has 22 heavy (non-hydrogen) atoms. The van der Waals surface area contributed by atoms with E-state index in [1.807, 2.05) is 19.2 Å². The predicted molar refractivity (Wildman–Crippen MR) is 92.6 cm³/mol. The maximum atomic E-state index is 6.01. The summed E-state index contributed by atoms with van der Waals surface area (Å²) in [5.41, 5.74) is 10.0. The third-order valence-corrected chi connectivity index (χ3v) is 4.94. The summed E-state index contributed by atoms with van der Waals surface area (Å²) in [5, 5.41) is 1.17. The molecule has 3 N–H and O–H groups in total. The van der Waals surface area contributed by atoms with E-state index in [-0.39, 0.29) is 0 Å². The highest BCUT2D eigenvalue weighted by Crippen LogP contribution is 2.42. The lowest BCUT2D eigenvalue weighted by Gasteiger charge is -2.12. The number of aromatic amines is 1. The lowest BCUT2D eigenvalue weighted by atomic mass is 10.1. The van der Waals surface area contributed by atoms with Gasteiger partial charge in [0, 0.05) is 18.4 Å². The molecule has 0 saturated carbocycles. The van der Waals surface area contributed by atoms with E-state index >= 15 is 0 Å². The van der Waals surface area contributed by atoms with Crippen LogP contribution in [0.4, 0.5) is 5.69 Å². The first-order valence-corrected chi connectivity index (χ1v) is 8.08. The van der Waals surface area contributed by atoms with Gasteiger partial charge in [0.05, 0.1) is 34.7 Å². The molecule has 3 rings (SSSR count). The second kappa shape index (κ2) is 6.02. The number of nitrogen functional groups attached to an aromatic ring is 1. The highest BCUT2D eigenvalue weighted by Gasteiger charge is 2.16. The number of hydrogen-bond acceptors (Lipinski definition) is 4. The third kappa shape index (κ3) is 2.46. The molecule has 0 aliphatic carbocycles. The van der Waals surface area contributed by atoms with E-state index in [1.165, 1.54) is 10.9 Å². The fraction of sp³-hybridized carbons (Fsp3) is 0.294. The number of fused-ring (bicyclic) bond motifs is 1. The van der Waals surface area contributed by atoms with Crippen LogP contribution in [0.5, 0.6) is 5.75 Å². The number of benzene rings is 1. The minimum Gasteiger partial charge on any atom is -0.495 e. The molecular weight excluding hydrogens is 296 g/mol. The summed E-state index contributed by atoms with van der Waals surface area (Å²) in [7, 11) is 1.71.